The molecule has 1 aromatic carbocycles. The van der Waals surface area contributed by atoms with Gasteiger partial charge in [-0.05, 0) is 30.7 Å². The van der Waals surface area contributed by atoms with Crippen LogP contribution in [0.2, 0.25) is 0 Å². The van der Waals surface area contributed by atoms with Crippen LogP contribution in [0, 0.1) is 5.92 Å². The standard InChI is InChI=1S/C15H22N2O2/c1-4-5-6-14(18)16-12-7-9-13(10-8-12)17-15(19)11(2)3/h7-11H,4-6H2,1-3H3,(H,16,18)(H,17,19). The summed E-state index contributed by atoms with van der Waals surface area (Å²) in [5.74, 6) is -0.0334. The number of unbranched alkanes of at least 4 members (excludes halogenated alkanes) is 1. The second-order valence-corrected chi connectivity index (χ2v) is 4.87. The molecular weight excluding hydrogens is 240 g/mol. The zero-order chi connectivity index (χ0) is 14.3. The van der Waals surface area contributed by atoms with Gasteiger partial charge >= 0.3 is 0 Å². The maximum Gasteiger partial charge on any atom is 0.226 e. The predicted molar refractivity (Wildman–Crippen MR) is 78.1 cm³/mol. The van der Waals surface area contributed by atoms with E-state index in [9.17, 15) is 9.59 Å². The van der Waals surface area contributed by atoms with E-state index < -0.39 is 0 Å². The molecule has 0 spiro atoms. The fraction of sp³-hybridized carbons (Fsp3) is 0.467. The average Bonchev–Trinajstić information content (AvgIpc) is 2.38. The maximum atomic E-state index is 11.5. The Morgan fingerprint density at radius 1 is 1.05 bits per heavy atom. The Hall–Kier alpha value is -1.84. The average molecular weight is 262 g/mol. The molecule has 0 aliphatic rings. The van der Waals surface area contributed by atoms with Crippen molar-refractivity contribution in [2.45, 2.75) is 40.0 Å². The molecule has 0 heterocycles. The number of hydrogen-bond acceptors (Lipinski definition) is 2. The number of rotatable bonds is 6. The van der Waals surface area contributed by atoms with Crippen LogP contribution in [0.15, 0.2) is 24.3 Å². The topological polar surface area (TPSA) is 58.2 Å². The summed E-state index contributed by atoms with van der Waals surface area (Å²) in [7, 11) is 0. The van der Waals surface area contributed by atoms with Gasteiger partial charge in [-0.2, -0.15) is 0 Å². The first-order valence-corrected chi connectivity index (χ1v) is 6.73. The smallest absolute Gasteiger partial charge is 0.226 e. The second kappa shape index (κ2) is 7.56. The normalized spacial score (nSPS) is 10.3. The van der Waals surface area contributed by atoms with Gasteiger partial charge in [0.2, 0.25) is 11.8 Å². The van der Waals surface area contributed by atoms with Gasteiger partial charge in [0.1, 0.15) is 0 Å². The highest BCUT2D eigenvalue weighted by molar-refractivity contribution is 5.93. The summed E-state index contributed by atoms with van der Waals surface area (Å²) < 4.78 is 0. The van der Waals surface area contributed by atoms with Crippen molar-refractivity contribution in [1.29, 1.82) is 0 Å². The molecule has 104 valence electrons. The molecule has 2 amide bonds. The molecule has 4 heteroatoms. The van der Waals surface area contributed by atoms with Gasteiger partial charge in [0.15, 0.2) is 0 Å². The molecule has 0 saturated heterocycles. The molecule has 0 bridgehead atoms. The minimum atomic E-state index is -0.0478. The molecule has 0 aromatic heterocycles. The highest BCUT2D eigenvalue weighted by Crippen LogP contribution is 2.15. The maximum absolute atomic E-state index is 11.5. The van der Waals surface area contributed by atoms with Crippen molar-refractivity contribution >= 4 is 23.2 Å². The minimum absolute atomic E-state index is 0.0141. The molecule has 0 saturated carbocycles. The van der Waals surface area contributed by atoms with Crippen LogP contribution < -0.4 is 10.6 Å². The highest BCUT2D eigenvalue weighted by Gasteiger charge is 2.07. The number of benzene rings is 1. The van der Waals surface area contributed by atoms with E-state index in [0.29, 0.717) is 6.42 Å². The van der Waals surface area contributed by atoms with E-state index in [4.69, 9.17) is 0 Å². The van der Waals surface area contributed by atoms with Crippen molar-refractivity contribution in [3.8, 4) is 0 Å². The van der Waals surface area contributed by atoms with Crippen LogP contribution in [-0.4, -0.2) is 11.8 Å². The Morgan fingerprint density at radius 2 is 1.58 bits per heavy atom. The van der Waals surface area contributed by atoms with E-state index >= 15 is 0 Å². The summed E-state index contributed by atoms with van der Waals surface area (Å²) in [5.41, 5.74) is 1.49. The number of amides is 2. The molecule has 0 unspecified atom stereocenters. The summed E-state index contributed by atoms with van der Waals surface area (Å²) in [5, 5.41) is 5.63. The van der Waals surface area contributed by atoms with E-state index in [0.717, 1.165) is 24.2 Å². The fourth-order valence-corrected chi connectivity index (χ4v) is 1.48. The van der Waals surface area contributed by atoms with Gasteiger partial charge in [-0.15, -0.1) is 0 Å². The first kappa shape index (κ1) is 15.2. The van der Waals surface area contributed by atoms with Gasteiger partial charge in [-0.3, -0.25) is 9.59 Å². The van der Waals surface area contributed by atoms with Gasteiger partial charge in [0.05, 0.1) is 0 Å². The third-order valence-electron chi connectivity index (χ3n) is 2.72. The van der Waals surface area contributed by atoms with Crippen LogP contribution in [-0.2, 0) is 9.59 Å². The minimum Gasteiger partial charge on any atom is -0.326 e. The lowest BCUT2D eigenvalue weighted by Gasteiger charge is -2.09. The Kier molecular flexibility index (Phi) is 6.06. The molecule has 1 rings (SSSR count). The Labute approximate surface area is 114 Å². The second-order valence-electron chi connectivity index (χ2n) is 4.87. The summed E-state index contributed by atoms with van der Waals surface area (Å²) in [6.45, 7) is 5.74. The molecule has 1 aromatic rings. The molecule has 0 aliphatic carbocycles. The van der Waals surface area contributed by atoms with Crippen LogP contribution >= 0.6 is 0 Å². The van der Waals surface area contributed by atoms with Gasteiger partial charge < -0.3 is 10.6 Å². The Bertz CT molecular complexity index is 424. The number of anilines is 2. The Balaban J connectivity index is 2.52. The summed E-state index contributed by atoms with van der Waals surface area (Å²) >= 11 is 0. The van der Waals surface area contributed by atoms with Crippen LogP contribution in [0.3, 0.4) is 0 Å². The number of carbonyl (C=O) groups excluding carboxylic acids is 2. The molecule has 0 radical (unpaired) electrons. The molecule has 19 heavy (non-hydrogen) atoms. The molecule has 0 fully saturated rings. The molecule has 4 nitrogen and oxygen atoms in total. The highest BCUT2D eigenvalue weighted by atomic mass is 16.2. The summed E-state index contributed by atoms with van der Waals surface area (Å²) in [6, 6.07) is 7.16. The largest absolute Gasteiger partial charge is 0.326 e. The lowest BCUT2D eigenvalue weighted by molar-refractivity contribution is -0.119. The third kappa shape index (κ3) is 5.55. The van der Waals surface area contributed by atoms with Gasteiger partial charge in [-0.25, -0.2) is 0 Å². The van der Waals surface area contributed by atoms with Crippen LogP contribution in [0.4, 0.5) is 11.4 Å². The number of carbonyl (C=O) groups is 2. The van der Waals surface area contributed by atoms with E-state index in [2.05, 4.69) is 17.6 Å². The molecular formula is C15H22N2O2. The van der Waals surface area contributed by atoms with Crippen LogP contribution in [0.5, 0.6) is 0 Å². The van der Waals surface area contributed by atoms with Gasteiger partial charge in [-0.1, -0.05) is 27.2 Å². The van der Waals surface area contributed by atoms with Crippen molar-refractivity contribution in [2.24, 2.45) is 5.92 Å². The van der Waals surface area contributed by atoms with Crippen LogP contribution in [0.25, 0.3) is 0 Å². The lowest BCUT2D eigenvalue weighted by Crippen LogP contribution is -2.17. The van der Waals surface area contributed by atoms with E-state index in [1.54, 1.807) is 24.3 Å². The molecule has 2 N–H and O–H groups in total. The quantitative estimate of drug-likeness (QED) is 0.825. The number of nitrogens with one attached hydrogen (secondary N) is 2. The lowest BCUT2D eigenvalue weighted by atomic mass is 10.2. The predicted octanol–water partition coefficient (Wildman–Crippen LogP) is 3.41. The van der Waals surface area contributed by atoms with Crippen molar-refractivity contribution in [3.63, 3.8) is 0 Å². The van der Waals surface area contributed by atoms with Crippen molar-refractivity contribution in [1.82, 2.24) is 0 Å². The zero-order valence-electron chi connectivity index (χ0n) is 11.8. The van der Waals surface area contributed by atoms with Crippen LogP contribution in [0.1, 0.15) is 40.0 Å². The monoisotopic (exact) mass is 262 g/mol. The van der Waals surface area contributed by atoms with E-state index in [1.807, 2.05) is 13.8 Å². The van der Waals surface area contributed by atoms with Gasteiger partial charge in [0.25, 0.3) is 0 Å². The first-order chi connectivity index (χ1) is 9.02. The van der Waals surface area contributed by atoms with Crippen molar-refractivity contribution in [3.05, 3.63) is 24.3 Å². The summed E-state index contributed by atoms with van der Waals surface area (Å²) in [6.07, 6.45) is 2.45. The van der Waals surface area contributed by atoms with Crippen molar-refractivity contribution < 1.29 is 9.59 Å². The van der Waals surface area contributed by atoms with Gasteiger partial charge in [0, 0.05) is 23.7 Å². The number of hydrogen-bond donors (Lipinski definition) is 2. The zero-order valence-corrected chi connectivity index (χ0v) is 11.8. The SMILES string of the molecule is CCCCC(=O)Nc1ccc(NC(=O)C(C)C)cc1. The fourth-order valence-electron chi connectivity index (χ4n) is 1.48. The Morgan fingerprint density at radius 3 is 2.05 bits per heavy atom. The third-order valence-corrected chi connectivity index (χ3v) is 2.72. The van der Waals surface area contributed by atoms with E-state index in [-0.39, 0.29) is 17.7 Å². The summed E-state index contributed by atoms with van der Waals surface area (Å²) in [4.78, 5) is 23.1. The first-order valence-electron chi connectivity index (χ1n) is 6.73. The van der Waals surface area contributed by atoms with Crippen molar-refractivity contribution in [2.75, 3.05) is 10.6 Å². The van der Waals surface area contributed by atoms with E-state index in [1.165, 1.54) is 0 Å². The molecule has 0 aliphatic heterocycles. The molecule has 0 atom stereocenters.